The zero-order chi connectivity index (χ0) is 19.4. The van der Waals surface area contributed by atoms with Gasteiger partial charge in [0, 0.05) is 45.3 Å². The Kier molecular flexibility index (Phi) is 7.94. The van der Waals surface area contributed by atoms with Gasteiger partial charge < -0.3 is 20.1 Å². The number of carbonyl (C=O) groups is 1. The number of aliphatic hydroxyl groups is 1. The number of rotatable bonds is 1. The van der Waals surface area contributed by atoms with E-state index in [0.717, 1.165) is 5.70 Å². The second kappa shape index (κ2) is 9.04. The number of hydrogen-bond donors (Lipinski definition) is 2. The molecule has 0 radical (unpaired) electrons. The summed E-state index contributed by atoms with van der Waals surface area (Å²) in [5, 5.41) is 14.4. The second-order valence-electron chi connectivity index (χ2n) is 8.28. The van der Waals surface area contributed by atoms with E-state index in [0.29, 0.717) is 25.9 Å². The number of nitrogens with one attached hydrogen (secondary N) is 1. The van der Waals surface area contributed by atoms with Crippen molar-refractivity contribution in [1.29, 1.82) is 0 Å². The molecule has 0 aliphatic carbocycles. The summed E-state index contributed by atoms with van der Waals surface area (Å²) in [6.07, 6.45) is 1.05. The van der Waals surface area contributed by atoms with E-state index in [1.807, 2.05) is 14.0 Å². The van der Waals surface area contributed by atoms with Crippen molar-refractivity contribution in [2.75, 3.05) is 27.2 Å². The van der Waals surface area contributed by atoms with E-state index in [-0.39, 0.29) is 35.7 Å². The molecule has 0 spiro atoms. The Balaban J connectivity index is 3.09. The van der Waals surface area contributed by atoms with E-state index in [1.165, 1.54) is 0 Å². The van der Waals surface area contributed by atoms with Gasteiger partial charge in [-0.15, -0.1) is 0 Å². The predicted octanol–water partition coefficient (Wildman–Crippen LogP) is 2.65. The molecule has 5 heteroatoms. The highest BCUT2D eigenvalue weighted by Crippen LogP contribution is 2.36. The fraction of sp³-hybridized carbons (Fsp3) is 0.850. The van der Waals surface area contributed by atoms with Crippen molar-refractivity contribution in [3.05, 3.63) is 12.3 Å². The molecule has 2 N–H and O–H groups in total. The van der Waals surface area contributed by atoms with Gasteiger partial charge in [0.2, 0.25) is 5.91 Å². The van der Waals surface area contributed by atoms with E-state index in [4.69, 9.17) is 4.74 Å². The molecule has 1 fully saturated rings. The minimum atomic E-state index is -0.821. The van der Waals surface area contributed by atoms with Crippen molar-refractivity contribution in [3.63, 3.8) is 0 Å². The molecule has 1 unspecified atom stereocenters. The Morgan fingerprint density at radius 3 is 2.48 bits per heavy atom. The summed E-state index contributed by atoms with van der Waals surface area (Å²) in [5.41, 5.74) is 0.0596. The molecule has 1 saturated heterocycles. The van der Waals surface area contributed by atoms with Gasteiger partial charge in [-0.1, -0.05) is 34.3 Å². The van der Waals surface area contributed by atoms with E-state index < -0.39 is 5.60 Å². The molecule has 0 saturated carbocycles. The Morgan fingerprint density at radius 2 is 1.92 bits per heavy atom. The van der Waals surface area contributed by atoms with E-state index in [9.17, 15) is 9.90 Å². The maximum Gasteiger partial charge on any atom is 0.224 e. The molecular formula is C20H38N2O3. The van der Waals surface area contributed by atoms with E-state index >= 15 is 0 Å². The number of amides is 1. The Hall–Kier alpha value is -1.07. The van der Waals surface area contributed by atoms with Crippen LogP contribution in [0.25, 0.3) is 0 Å². The number of carbonyl (C=O) groups excluding carboxylic acids is 1. The molecular weight excluding hydrogens is 316 g/mol. The van der Waals surface area contributed by atoms with Crippen LogP contribution in [-0.2, 0) is 9.53 Å². The molecule has 6 atom stereocenters. The smallest absolute Gasteiger partial charge is 0.224 e. The Bertz CT molecular complexity index is 464. The number of nitrogens with zero attached hydrogens (tertiary/aromatic N) is 1. The molecule has 1 heterocycles. The average Bonchev–Trinajstić information content (AvgIpc) is 2.52. The van der Waals surface area contributed by atoms with Crippen LogP contribution in [0.5, 0.6) is 0 Å². The van der Waals surface area contributed by atoms with Crippen LogP contribution in [0.3, 0.4) is 0 Å². The van der Waals surface area contributed by atoms with Crippen molar-refractivity contribution in [2.45, 2.75) is 59.2 Å². The Labute approximate surface area is 153 Å². The van der Waals surface area contributed by atoms with Crippen molar-refractivity contribution >= 4 is 5.91 Å². The maximum atomic E-state index is 12.3. The van der Waals surface area contributed by atoms with Gasteiger partial charge >= 0.3 is 0 Å². The molecule has 0 bridgehead atoms. The molecule has 1 aliphatic rings. The third-order valence-electron chi connectivity index (χ3n) is 6.07. The summed E-state index contributed by atoms with van der Waals surface area (Å²) >= 11 is 0. The van der Waals surface area contributed by atoms with Gasteiger partial charge in [-0.25, -0.2) is 0 Å². The number of ether oxygens (including phenoxy) is 1. The highest BCUT2D eigenvalue weighted by Gasteiger charge is 2.39. The standard InChI is InChI=1S/C20H38N2O3/c1-13-11-20(6,24)16(4)14(2)19(25-8)15(3)17(5)21-10-9-18(23)22(7)12-13/h13-16,19,21,24H,5,9-12H2,1-4,6-8H3/t13-,14-,15?,16-,19+,20-/m1/s1. The molecule has 146 valence electrons. The monoisotopic (exact) mass is 354 g/mol. The van der Waals surface area contributed by atoms with Gasteiger partial charge in [0.25, 0.3) is 0 Å². The number of methoxy groups -OCH3 is 1. The fourth-order valence-electron chi connectivity index (χ4n) is 4.13. The van der Waals surface area contributed by atoms with Crippen LogP contribution in [0.2, 0.25) is 0 Å². The van der Waals surface area contributed by atoms with Crippen molar-refractivity contribution < 1.29 is 14.6 Å². The zero-order valence-electron chi connectivity index (χ0n) is 17.1. The average molecular weight is 355 g/mol. The van der Waals surface area contributed by atoms with Gasteiger partial charge in [0.05, 0.1) is 11.7 Å². The van der Waals surface area contributed by atoms with Gasteiger partial charge in [0.1, 0.15) is 0 Å². The summed E-state index contributed by atoms with van der Waals surface area (Å²) in [4.78, 5) is 14.1. The lowest BCUT2D eigenvalue weighted by Gasteiger charge is -2.41. The normalized spacial score (nSPS) is 39.7. The Morgan fingerprint density at radius 1 is 1.32 bits per heavy atom. The molecule has 1 amide bonds. The van der Waals surface area contributed by atoms with Gasteiger partial charge in [-0.2, -0.15) is 0 Å². The van der Waals surface area contributed by atoms with Crippen molar-refractivity contribution in [3.8, 4) is 0 Å². The highest BCUT2D eigenvalue weighted by molar-refractivity contribution is 5.76. The first-order valence-electron chi connectivity index (χ1n) is 9.43. The summed E-state index contributed by atoms with van der Waals surface area (Å²) in [5.74, 6) is 0.651. The lowest BCUT2D eigenvalue weighted by Crippen LogP contribution is -2.46. The van der Waals surface area contributed by atoms with Crippen LogP contribution in [0.15, 0.2) is 12.3 Å². The van der Waals surface area contributed by atoms with Crippen LogP contribution < -0.4 is 5.32 Å². The van der Waals surface area contributed by atoms with Crippen LogP contribution in [-0.4, -0.2) is 54.9 Å². The molecule has 1 rings (SSSR count). The minimum absolute atomic E-state index is 0.0434. The zero-order valence-corrected chi connectivity index (χ0v) is 17.1. The molecule has 0 aromatic rings. The molecule has 5 nitrogen and oxygen atoms in total. The lowest BCUT2D eigenvalue weighted by molar-refractivity contribution is -0.131. The first-order valence-corrected chi connectivity index (χ1v) is 9.43. The molecule has 0 aromatic carbocycles. The minimum Gasteiger partial charge on any atom is -0.390 e. The van der Waals surface area contributed by atoms with Crippen LogP contribution in [0.4, 0.5) is 0 Å². The third-order valence-corrected chi connectivity index (χ3v) is 6.07. The maximum absolute atomic E-state index is 12.3. The first kappa shape index (κ1) is 22.0. The topological polar surface area (TPSA) is 61.8 Å². The van der Waals surface area contributed by atoms with Crippen LogP contribution in [0.1, 0.15) is 47.5 Å². The predicted molar refractivity (Wildman–Crippen MR) is 102 cm³/mol. The molecule has 0 aromatic heterocycles. The highest BCUT2D eigenvalue weighted by atomic mass is 16.5. The molecule has 25 heavy (non-hydrogen) atoms. The first-order chi connectivity index (χ1) is 11.5. The van der Waals surface area contributed by atoms with E-state index in [2.05, 4.69) is 39.6 Å². The largest absolute Gasteiger partial charge is 0.390 e. The summed E-state index contributed by atoms with van der Waals surface area (Å²) in [6, 6.07) is 0. The summed E-state index contributed by atoms with van der Waals surface area (Å²) in [6.45, 7) is 15.7. The quantitative estimate of drug-likeness (QED) is 0.760. The van der Waals surface area contributed by atoms with E-state index in [1.54, 1.807) is 12.0 Å². The van der Waals surface area contributed by atoms with Crippen molar-refractivity contribution in [1.82, 2.24) is 10.2 Å². The van der Waals surface area contributed by atoms with Gasteiger partial charge in [0.15, 0.2) is 0 Å². The van der Waals surface area contributed by atoms with Crippen LogP contribution in [0, 0.1) is 23.7 Å². The second-order valence-corrected chi connectivity index (χ2v) is 8.28. The van der Waals surface area contributed by atoms with Gasteiger partial charge in [-0.3, -0.25) is 4.79 Å². The van der Waals surface area contributed by atoms with Crippen LogP contribution >= 0.6 is 0 Å². The summed E-state index contributed by atoms with van der Waals surface area (Å²) in [7, 11) is 3.56. The van der Waals surface area contributed by atoms with Gasteiger partial charge in [-0.05, 0) is 31.1 Å². The third kappa shape index (κ3) is 5.71. The number of hydrogen-bond acceptors (Lipinski definition) is 4. The fourth-order valence-corrected chi connectivity index (χ4v) is 4.13. The summed E-state index contributed by atoms with van der Waals surface area (Å²) < 4.78 is 5.79. The van der Waals surface area contributed by atoms with Crippen molar-refractivity contribution in [2.24, 2.45) is 23.7 Å². The molecule has 1 aliphatic heterocycles. The SMILES string of the molecule is C=C1NCCC(=O)N(C)C[C@H](C)C[C@@](C)(O)[C@H](C)[C@@H](C)[C@H](OC)C1C. The lowest BCUT2D eigenvalue weighted by atomic mass is 9.72.